The summed E-state index contributed by atoms with van der Waals surface area (Å²) in [5.74, 6) is -1.11. The standard InChI is InChI=1S/C22H26F3N3O4/c1-5-32-21(31)15-6-8-27(9-7-15)19(29)14(4)28-17-11-13(3)12(2)10-16(17)26-18(20(28)30)22(23,24)25/h10-11,14-15H,5-9H2,1-4H3. The van der Waals surface area contributed by atoms with Crippen LogP contribution in [0.3, 0.4) is 0 Å². The second-order valence-electron chi connectivity index (χ2n) is 8.09. The monoisotopic (exact) mass is 453 g/mol. The van der Waals surface area contributed by atoms with Gasteiger partial charge in [0.15, 0.2) is 0 Å². The van der Waals surface area contributed by atoms with Gasteiger partial charge in [-0.1, -0.05) is 0 Å². The summed E-state index contributed by atoms with van der Waals surface area (Å²) < 4.78 is 46.5. The number of nitrogens with zero attached hydrogens (tertiary/aromatic N) is 3. The number of piperidine rings is 1. The minimum absolute atomic E-state index is 0.000643. The number of esters is 1. The van der Waals surface area contributed by atoms with Gasteiger partial charge in [-0.15, -0.1) is 0 Å². The summed E-state index contributed by atoms with van der Waals surface area (Å²) in [4.78, 5) is 43.0. The molecule has 1 saturated heterocycles. The van der Waals surface area contributed by atoms with E-state index in [1.54, 1.807) is 26.8 Å². The van der Waals surface area contributed by atoms with Crippen molar-refractivity contribution < 1.29 is 27.5 Å². The normalized spacial score (nSPS) is 16.3. The lowest BCUT2D eigenvalue weighted by molar-refractivity contribution is -0.151. The first-order valence-electron chi connectivity index (χ1n) is 10.5. The Hall–Kier alpha value is -2.91. The molecule has 32 heavy (non-hydrogen) atoms. The van der Waals surface area contributed by atoms with Crippen LogP contribution in [0.4, 0.5) is 13.2 Å². The van der Waals surface area contributed by atoms with E-state index in [-0.39, 0.29) is 42.6 Å². The third-order valence-electron chi connectivity index (χ3n) is 5.94. The van der Waals surface area contributed by atoms with E-state index in [9.17, 15) is 27.6 Å². The molecule has 1 aliphatic rings. The Morgan fingerprint density at radius 1 is 1.19 bits per heavy atom. The maximum absolute atomic E-state index is 13.5. The Morgan fingerprint density at radius 2 is 1.78 bits per heavy atom. The van der Waals surface area contributed by atoms with Crippen molar-refractivity contribution in [2.24, 2.45) is 5.92 Å². The smallest absolute Gasteiger partial charge is 0.438 e. The molecule has 0 saturated carbocycles. The first kappa shape index (κ1) is 23.7. The number of amides is 1. The molecule has 2 heterocycles. The van der Waals surface area contributed by atoms with E-state index in [1.807, 2.05) is 0 Å². The van der Waals surface area contributed by atoms with Crippen LogP contribution in [0.1, 0.15) is 49.6 Å². The van der Waals surface area contributed by atoms with Gasteiger partial charge in [-0.2, -0.15) is 13.2 Å². The van der Waals surface area contributed by atoms with E-state index in [1.165, 1.54) is 17.9 Å². The highest BCUT2D eigenvalue weighted by Crippen LogP contribution is 2.29. The molecule has 0 spiro atoms. The molecular weight excluding hydrogens is 427 g/mol. The number of benzene rings is 1. The molecule has 1 aromatic heterocycles. The number of fused-ring (bicyclic) bond motifs is 1. The van der Waals surface area contributed by atoms with Crippen LogP contribution in [-0.4, -0.2) is 46.0 Å². The first-order chi connectivity index (χ1) is 15.0. The third-order valence-corrected chi connectivity index (χ3v) is 5.94. The van der Waals surface area contributed by atoms with Crippen molar-refractivity contribution in [2.45, 2.75) is 52.8 Å². The number of halogens is 3. The van der Waals surface area contributed by atoms with Crippen LogP contribution in [0.2, 0.25) is 0 Å². The molecular formula is C22H26F3N3O4. The van der Waals surface area contributed by atoms with Crippen molar-refractivity contribution in [3.63, 3.8) is 0 Å². The van der Waals surface area contributed by atoms with Crippen LogP contribution in [0.5, 0.6) is 0 Å². The highest BCUT2D eigenvalue weighted by atomic mass is 19.4. The first-order valence-corrected chi connectivity index (χ1v) is 10.5. The Balaban J connectivity index is 1.98. The van der Waals surface area contributed by atoms with E-state index < -0.39 is 29.4 Å². The van der Waals surface area contributed by atoms with Gasteiger partial charge in [-0.05, 0) is 63.8 Å². The number of hydrogen-bond donors (Lipinski definition) is 0. The second kappa shape index (κ2) is 8.91. The maximum atomic E-state index is 13.5. The Bertz CT molecular complexity index is 1100. The van der Waals surface area contributed by atoms with Crippen LogP contribution >= 0.6 is 0 Å². The van der Waals surface area contributed by atoms with Gasteiger partial charge in [0.2, 0.25) is 11.6 Å². The van der Waals surface area contributed by atoms with Gasteiger partial charge < -0.3 is 9.64 Å². The number of hydrogen-bond acceptors (Lipinski definition) is 5. The molecule has 0 bridgehead atoms. The molecule has 0 radical (unpaired) electrons. The molecule has 1 aliphatic heterocycles. The van der Waals surface area contributed by atoms with Crippen molar-refractivity contribution in [1.82, 2.24) is 14.5 Å². The third kappa shape index (κ3) is 4.49. The highest BCUT2D eigenvalue weighted by Gasteiger charge is 2.39. The zero-order valence-electron chi connectivity index (χ0n) is 18.5. The average molecular weight is 453 g/mol. The van der Waals surface area contributed by atoms with E-state index in [0.29, 0.717) is 12.8 Å². The minimum Gasteiger partial charge on any atom is -0.466 e. The van der Waals surface area contributed by atoms with Crippen LogP contribution in [0.25, 0.3) is 11.0 Å². The summed E-state index contributed by atoms with van der Waals surface area (Å²) in [5.41, 5.74) is -1.23. The number of aryl methyl sites for hydroxylation is 2. The van der Waals surface area contributed by atoms with Crippen LogP contribution < -0.4 is 5.56 Å². The minimum atomic E-state index is -4.95. The van der Waals surface area contributed by atoms with Crippen molar-refractivity contribution in [3.05, 3.63) is 39.3 Å². The van der Waals surface area contributed by atoms with Gasteiger partial charge in [0.05, 0.1) is 23.6 Å². The van der Waals surface area contributed by atoms with Crippen LogP contribution in [0, 0.1) is 19.8 Å². The van der Waals surface area contributed by atoms with Gasteiger partial charge in [-0.3, -0.25) is 19.0 Å². The lowest BCUT2D eigenvalue weighted by Crippen LogP contribution is -2.45. The number of carbonyl (C=O) groups excluding carboxylic acids is 2. The number of likely N-dealkylation sites (tertiary alicyclic amines) is 1. The van der Waals surface area contributed by atoms with Gasteiger partial charge in [-0.25, -0.2) is 4.98 Å². The predicted molar refractivity (Wildman–Crippen MR) is 111 cm³/mol. The number of carbonyl (C=O) groups is 2. The maximum Gasteiger partial charge on any atom is 0.438 e. The zero-order chi connectivity index (χ0) is 23.8. The van der Waals surface area contributed by atoms with Gasteiger partial charge in [0.1, 0.15) is 6.04 Å². The molecule has 7 nitrogen and oxygen atoms in total. The molecule has 0 N–H and O–H groups in total. The van der Waals surface area contributed by atoms with E-state index in [4.69, 9.17) is 4.74 Å². The van der Waals surface area contributed by atoms with Crippen molar-refractivity contribution in [1.29, 1.82) is 0 Å². The van der Waals surface area contributed by atoms with Crippen molar-refractivity contribution >= 4 is 22.9 Å². The summed E-state index contributed by atoms with van der Waals surface area (Å²) in [7, 11) is 0. The number of rotatable bonds is 4. The molecule has 1 fully saturated rings. The number of alkyl halides is 3. The van der Waals surface area contributed by atoms with Crippen LogP contribution in [0.15, 0.2) is 16.9 Å². The summed E-state index contributed by atoms with van der Waals surface area (Å²) in [5, 5.41) is 0. The van der Waals surface area contributed by atoms with Gasteiger partial charge in [0.25, 0.3) is 5.56 Å². The second-order valence-corrected chi connectivity index (χ2v) is 8.09. The molecule has 1 amide bonds. The van der Waals surface area contributed by atoms with Gasteiger partial charge in [0, 0.05) is 13.1 Å². The summed E-state index contributed by atoms with van der Waals surface area (Å²) in [6.07, 6.45) is -4.16. The Kier molecular flexibility index (Phi) is 6.61. The fraction of sp³-hybridized carbons (Fsp3) is 0.545. The fourth-order valence-corrected chi connectivity index (χ4v) is 4.00. The van der Waals surface area contributed by atoms with E-state index in [2.05, 4.69) is 4.98 Å². The quantitative estimate of drug-likeness (QED) is 0.663. The molecule has 3 rings (SSSR count). The molecule has 0 aliphatic carbocycles. The number of ether oxygens (including phenoxy) is 1. The topological polar surface area (TPSA) is 81.5 Å². The summed E-state index contributed by atoms with van der Waals surface area (Å²) >= 11 is 0. The fourth-order valence-electron chi connectivity index (χ4n) is 4.00. The Morgan fingerprint density at radius 3 is 2.34 bits per heavy atom. The summed E-state index contributed by atoms with van der Waals surface area (Å²) in [6, 6.07) is 1.89. The predicted octanol–water partition coefficient (Wildman–Crippen LogP) is 3.39. The molecule has 1 atom stereocenters. The lowest BCUT2D eigenvalue weighted by atomic mass is 9.96. The average Bonchev–Trinajstić information content (AvgIpc) is 2.73. The van der Waals surface area contributed by atoms with Crippen LogP contribution in [-0.2, 0) is 20.5 Å². The molecule has 1 unspecified atom stereocenters. The largest absolute Gasteiger partial charge is 0.466 e. The highest BCUT2D eigenvalue weighted by molar-refractivity contribution is 5.84. The lowest BCUT2D eigenvalue weighted by Gasteiger charge is -2.33. The Labute approximate surface area is 183 Å². The SMILES string of the molecule is CCOC(=O)C1CCN(C(=O)C(C)n2c(=O)c(C(F)(F)F)nc3cc(C)c(C)cc32)CC1. The molecule has 174 valence electrons. The number of aromatic nitrogens is 2. The van der Waals surface area contributed by atoms with Crippen molar-refractivity contribution in [2.75, 3.05) is 19.7 Å². The molecule has 2 aromatic rings. The van der Waals surface area contributed by atoms with Gasteiger partial charge >= 0.3 is 12.1 Å². The van der Waals surface area contributed by atoms with Crippen molar-refractivity contribution in [3.8, 4) is 0 Å². The van der Waals surface area contributed by atoms with E-state index >= 15 is 0 Å². The van der Waals surface area contributed by atoms with E-state index in [0.717, 1.165) is 15.7 Å². The molecule has 1 aromatic carbocycles. The molecule has 10 heteroatoms. The summed E-state index contributed by atoms with van der Waals surface area (Å²) in [6.45, 7) is 7.43. The zero-order valence-corrected chi connectivity index (χ0v) is 18.5.